The van der Waals surface area contributed by atoms with Crippen LogP contribution in [-0.2, 0) is 9.59 Å². The molecule has 1 heterocycles. The summed E-state index contributed by atoms with van der Waals surface area (Å²) in [4.78, 5) is 27.2. The maximum absolute atomic E-state index is 11.8. The van der Waals surface area contributed by atoms with E-state index < -0.39 is 6.04 Å². The number of likely N-dealkylation sites (N-methyl/N-ethyl adjacent to an activating group) is 1. The number of carbonyl (C=O) groups is 2. The highest BCUT2D eigenvalue weighted by Crippen LogP contribution is 2.04. The summed E-state index contributed by atoms with van der Waals surface area (Å²) in [7, 11) is 0. The lowest BCUT2D eigenvalue weighted by Gasteiger charge is -2.23. The molecule has 0 spiro atoms. The van der Waals surface area contributed by atoms with Crippen molar-refractivity contribution < 1.29 is 9.59 Å². The van der Waals surface area contributed by atoms with Crippen LogP contribution < -0.4 is 11.1 Å². The summed E-state index contributed by atoms with van der Waals surface area (Å²) in [6.07, 6.45) is 0.887. The van der Waals surface area contributed by atoms with Crippen molar-refractivity contribution in [2.24, 2.45) is 5.73 Å². The highest BCUT2D eigenvalue weighted by Gasteiger charge is 2.21. The molecule has 6 nitrogen and oxygen atoms in total. The van der Waals surface area contributed by atoms with Gasteiger partial charge in [0.1, 0.15) is 0 Å². The van der Waals surface area contributed by atoms with Crippen LogP contribution in [0.3, 0.4) is 0 Å². The second kappa shape index (κ2) is 7.33. The SMILES string of the molecule is CCNC(=O)CN1CCCN(C(=O)[C@@H](C)N)CC1. The molecule has 3 N–H and O–H groups in total. The predicted octanol–water partition coefficient (Wildman–Crippen LogP) is -0.996. The van der Waals surface area contributed by atoms with Gasteiger partial charge in [0.2, 0.25) is 11.8 Å². The number of nitrogens with zero attached hydrogens (tertiary/aromatic N) is 2. The Morgan fingerprint density at radius 2 is 2.00 bits per heavy atom. The molecule has 0 unspecified atom stereocenters. The first-order valence-electron chi connectivity index (χ1n) is 6.58. The minimum absolute atomic E-state index is 0.00476. The molecule has 0 bridgehead atoms. The molecule has 1 aliphatic heterocycles. The van der Waals surface area contributed by atoms with Crippen LogP contribution in [0.2, 0.25) is 0 Å². The van der Waals surface area contributed by atoms with Gasteiger partial charge in [0.05, 0.1) is 12.6 Å². The van der Waals surface area contributed by atoms with Crippen molar-refractivity contribution in [3.63, 3.8) is 0 Å². The third kappa shape index (κ3) is 4.62. The van der Waals surface area contributed by atoms with Crippen LogP contribution in [0, 0.1) is 0 Å². The van der Waals surface area contributed by atoms with Crippen LogP contribution in [0.1, 0.15) is 20.3 Å². The molecule has 1 aliphatic rings. The van der Waals surface area contributed by atoms with Gasteiger partial charge in [-0.3, -0.25) is 14.5 Å². The van der Waals surface area contributed by atoms with Gasteiger partial charge in [-0.15, -0.1) is 0 Å². The monoisotopic (exact) mass is 256 g/mol. The Morgan fingerprint density at radius 1 is 1.28 bits per heavy atom. The zero-order chi connectivity index (χ0) is 13.5. The normalized spacial score (nSPS) is 19.2. The Kier molecular flexibility index (Phi) is 6.07. The average Bonchev–Trinajstić information content (AvgIpc) is 2.54. The summed E-state index contributed by atoms with van der Waals surface area (Å²) in [6, 6.07) is -0.444. The molecule has 0 aromatic rings. The molecule has 0 aromatic heterocycles. The molecule has 6 heteroatoms. The number of carbonyl (C=O) groups excluding carboxylic acids is 2. The molecule has 1 fully saturated rings. The van der Waals surface area contributed by atoms with E-state index >= 15 is 0 Å². The molecule has 104 valence electrons. The van der Waals surface area contributed by atoms with E-state index in [1.165, 1.54) is 0 Å². The number of hydrogen-bond acceptors (Lipinski definition) is 4. The molecule has 0 aliphatic carbocycles. The second-order valence-corrected chi connectivity index (χ2v) is 4.70. The number of amides is 2. The van der Waals surface area contributed by atoms with Crippen LogP contribution in [0.4, 0.5) is 0 Å². The lowest BCUT2D eigenvalue weighted by molar-refractivity contribution is -0.132. The van der Waals surface area contributed by atoms with Crippen molar-refractivity contribution in [2.75, 3.05) is 39.3 Å². The molecule has 2 amide bonds. The minimum atomic E-state index is -0.444. The minimum Gasteiger partial charge on any atom is -0.355 e. The van der Waals surface area contributed by atoms with Gasteiger partial charge in [-0.2, -0.15) is 0 Å². The zero-order valence-electron chi connectivity index (χ0n) is 11.3. The van der Waals surface area contributed by atoms with Crippen LogP contribution in [0.5, 0.6) is 0 Å². The van der Waals surface area contributed by atoms with E-state index in [2.05, 4.69) is 10.2 Å². The lowest BCUT2D eigenvalue weighted by Crippen LogP contribution is -2.44. The van der Waals surface area contributed by atoms with Gasteiger partial charge < -0.3 is 16.0 Å². The number of nitrogens with two attached hydrogens (primary N) is 1. The Balaban J connectivity index is 2.41. The summed E-state index contributed by atoms with van der Waals surface area (Å²) in [5.74, 6) is 0.0410. The van der Waals surface area contributed by atoms with Crippen LogP contribution in [0.15, 0.2) is 0 Å². The predicted molar refractivity (Wildman–Crippen MR) is 70.0 cm³/mol. The Bertz CT molecular complexity index is 294. The molecule has 1 rings (SSSR count). The largest absolute Gasteiger partial charge is 0.355 e. The second-order valence-electron chi connectivity index (χ2n) is 4.70. The molecule has 1 atom stereocenters. The lowest BCUT2D eigenvalue weighted by atomic mass is 10.3. The van der Waals surface area contributed by atoms with Crippen molar-refractivity contribution in [1.82, 2.24) is 15.1 Å². The molecule has 0 saturated carbocycles. The van der Waals surface area contributed by atoms with Crippen molar-refractivity contribution in [3.05, 3.63) is 0 Å². The van der Waals surface area contributed by atoms with Gasteiger partial charge >= 0.3 is 0 Å². The fourth-order valence-electron chi connectivity index (χ4n) is 2.09. The summed E-state index contributed by atoms with van der Waals surface area (Å²) in [6.45, 7) is 7.64. The average molecular weight is 256 g/mol. The Hall–Kier alpha value is -1.14. The van der Waals surface area contributed by atoms with E-state index in [0.717, 1.165) is 26.1 Å². The Morgan fingerprint density at radius 3 is 2.61 bits per heavy atom. The summed E-state index contributed by atoms with van der Waals surface area (Å²) >= 11 is 0. The van der Waals surface area contributed by atoms with E-state index in [0.29, 0.717) is 19.6 Å². The maximum atomic E-state index is 11.8. The number of rotatable bonds is 4. The van der Waals surface area contributed by atoms with Gasteiger partial charge in [0, 0.05) is 32.7 Å². The zero-order valence-corrected chi connectivity index (χ0v) is 11.3. The standard InChI is InChI=1S/C12H24N4O2/c1-3-14-11(17)9-15-5-4-6-16(8-7-15)12(18)10(2)13/h10H,3-9,13H2,1-2H3,(H,14,17)/t10-/m1/s1. The van der Waals surface area contributed by atoms with Crippen molar-refractivity contribution in [2.45, 2.75) is 26.3 Å². The Labute approximate surface area is 108 Å². The number of nitrogens with one attached hydrogen (secondary N) is 1. The summed E-state index contributed by atoms with van der Waals surface area (Å²) < 4.78 is 0. The summed E-state index contributed by atoms with van der Waals surface area (Å²) in [5, 5.41) is 2.78. The highest BCUT2D eigenvalue weighted by molar-refractivity contribution is 5.81. The smallest absolute Gasteiger partial charge is 0.239 e. The van der Waals surface area contributed by atoms with Gasteiger partial charge in [0.25, 0.3) is 0 Å². The molecule has 0 aromatic carbocycles. The van der Waals surface area contributed by atoms with E-state index in [1.54, 1.807) is 11.8 Å². The van der Waals surface area contributed by atoms with Gasteiger partial charge in [-0.1, -0.05) is 0 Å². The van der Waals surface area contributed by atoms with Crippen molar-refractivity contribution in [1.29, 1.82) is 0 Å². The van der Waals surface area contributed by atoms with Crippen LogP contribution >= 0.6 is 0 Å². The van der Waals surface area contributed by atoms with E-state index in [-0.39, 0.29) is 11.8 Å². The first-order chi connectivity index (χ1) is 8.54. The molecule has 0 radical (unpaired) electrons. The number of hydrogen-bond donors (Lipinski definition) is 2. The van der Waals surface area contributed by atoms with Crippen molar-refractivity contribution >= 4 is 11.8 Å². The highest BCUT2D eigenvalue weighted by atomic mass is 16.2. The van der Waals surface area contributed by atoms with Gasteiger partial charge in [-0.25, -0.2) is 0 Å². The van der Waals surface area contributed by atoms with Gasteiger partial charge in [-0.05, 0) is 20.3 Å². The maximum Gasteiger partial charge on any atom is 0.239 e. The van der Waals surface area contributed by atoms with Crippen molar-refractivity contribution in [3.8, 4) is 0 Å². The fraction of sp³-hybridized carbons (Fsp3) is 0.833. The van der Waals surface area contributed by atoms with E-state index in [1.807, 2.05) is 6.92 Å². The van der Waals surface area contributed by atoms with Crippen LogP contribution in [-0.4, -0.2) is 66.9 Å². The third-order valence-electron chi connectivity index (χ3n) is 3.03. The third-order valence-corrected chi connectivity index (χ3v) is 3.03. The van der Waals surface area contributed by atoms with E-state index in [4.69, 9.17) is 5.73 Å². The van der Waals surface area contributed by atoms with E-state index in [9.17, 15) is 9.59 Å². The quantitative estimate of drug-likeness (QED) is 0.676. The topological polar surface area (TPSA) is 78.7 Å². The fourth-order valence-corrected chi connectivity index (χ4v) is 2.09. The first-order valence-corrected chi connectivity index (χ1v) is 6.58. The molecule has 1 saturated heterocycles. The first kappa shape index (κ1) is 14.9. The molecular formula is C12H24N4O2. The van der Waals surface area contributed by atoms with Crippen LogP contribution in [0.25, 0.3) is 0 Å². The molecule has 18 heavy (non-hydrogen) atoms. The summed E-state index contributed by atoms with van der Waals surface area (Å²) in [5.41, 5.74) is 5.60. The van der Waals surface area contributed by atoms with Gasteiger partial charge in [0.15, 0.2) is 0 Å². The molecular weight excluding hydrogens is 232 g/mol.